The largest absolute Gasteiger partial charge is 0.392 e. The predicted molar refractivity (Wildman–Crippen MR) is 80.3 cm³/mol. The molecular formula is C16H32N2O. The summed E-state index contributed by atoms with van der Waals surface area (Å²) in [6.45, 7) is 13.8. The fourth-order valence-corrected chi connectivity index (χ4v) is 3.80. The van der Waals surface area contributed by atoms with Crippen LogP contribution in [0.3, 0.4) is 0 Å². The Hall–Kier alpha value is -0.120. The molecule has 0 amide bonds. The Labute approximate surface area is 119 Å². The van der Waals surface area contributed by atoms with Crippen molar-refractivity contribution >= 4 is 0 Å². The Bertz CT molecular complexity index is 272. The minimum atomic E-state index is -0.116. The average molecular weight is 268 g/mol. The molecule has 0 aromatic carbocycles. The fraction of sp³-hybridized carbons (Fsp3) is 1.00. The summed E-state index contributed by atoms with van der Waals surface area (Å²) in [5.74, 6) is 0.487. The number of aliphatic hydroxyl groups excluding tert-OH is 1. The average Bonchev–Trinajstić information content (AvgIpc) is 2.38. The molecule has 3 nitrogen and oxygen atoms in total. The van der Waals surface area contributed by atoms with Gasteiger partial charge in [0.25, 0.3) is 0 Å². The van der Waals surface area contributed by atoms with E-state index < -0.39 is 0 Å². The van der Waals surface area contributed by atoms with Crippen molar-refractivity contribution in [1.29, 1.82) is 0 Å². The highest BCUT2D eigenvalue weighted by molar-refractivity contribution is 4.90. The SMILES string of the molecule is CCCN1CCN(CC2CCCC(C)(C)C2O)CC1. The van der Waals surface area contributed by atoms with Crippen molar-refractivity contribution in [2.75, 3.05) is 39.3 Å². The number of hydrogen-bond donors (Lipinski definition) is 1. The van der Waals surface area contributed by atoms with Gasteiger partial charge in [0.2, 0.25) is 0 Å². The minimum Gasteiger partial charge on any atom is -0.392 e. The smallest absolute Gasteiger partial charge is 0.0631 e. The number of hydrogen-bond acceptors (Lipinski definition) is 3. The van der Waals surface area contributed by atoms with Gasteiger partial charge in [0.1, 0.15) is 0 Å². The van der Waals surface area contributed by atoms with E-state index in [1.54, 1.807) is 0 Å². The minimum absolute atomic E-state index is 0.116. The highest BCUT2D eigenvalue weighted by Gasteiger charge is 2.38. The van der Waals surface area contributed by atoms with Crippen molar-refractivity contribution in [2.24, 2.45) is 11.3 Å². The number of aliphatic hydroxyl groups is 1. The molecule has 2 atom stereocenters. The van der Waals surface area contributed by atoms with E-state index in [4.69, 9.17) is 0 Å². The van der Waals surface area contributed by atoms with Crippen LogP contribution in [0.4, 0.5) is 0 Å². The van der Waals surface area contributed by atoms with Crippen LogP contribution in [0, 0.1) is 11.3 Å². The first-order valence-electron chi connectivity index (χ1n) is 8.15. The Balaban J connectivity index is 1.79. The highest BCUT2D eigenvalue weighted by Crippen LogP contribution is 2.39. The maximum absolute atomic E-state index is 10.5. The Kier molecular flexibility index (Phi) is 5.27. The van der Waals surface area contributed by atoms with Crippen molar-refractivity contribution < 1.29 is 5.11 Å². The third kappa shape index (κ3) is 3.93. The molecule has 0 spiro atoms. The number of rotatable bonds is 4. The summed E-state index contributed by atoms with van der Waals surface area (Å²) in [5.41, 5.74) is 0.118. The molecule has 0 aromatic heterocycles. The Morgan fingerprint density at radius 1 is 1.11 bits per heavy atom. The standard InChI is InChI=1S/C16H32N2O/c1-4-8-17-9-11-18(12-10-17)13-14-6-5-7-16(2,3)15(14)19/h14-15,19H,4-13H2,1-3H3. The molecule has 2 fully saturated rings. The monoisotopic (exact) mass is 268 g/mol. The quantitative estimate of drug-likeness (QED) is 0.847. The van der Waals surface area contributed by atoms with Crippen LogP contribution in [0.5, 0.6) is 0 Å². The molecule has 3 heteroatoms. The van der Waals surface area contributed by atoms with E-state index in [0.717, 1.165) is 6.54 Å². The van der Waals surface area contributed by atoms with Gasteiger partial charge in [0.05, 0.1) is 6.10 Å². The normalized spacial score (nSPS) is 33.5. The molecule has 1 saturated carbocycles. The van der Waals surface area contributed by atoms with Gasteiger partial charge in [0, 0.05) is 32.7 Å². The van der Waals surface area contributed by atoms with E-state index in [1.807, 2.05) is 0 Å². The molecule has 0 bridgehead atoms. The maximum atomic E-state index is 10.5. The van der Waals surface area contributed by atoms with Crippen molar-refractivity contribution in [3.05, 3.63) is 0 Å². The Morgan fingerprint density at radius 3 is 2.37 bits per heavy atom. The van der Waals surface area contributed by atoms with Crippen LogP contribution < -0.4 is 0 Å². The zero-order valence-corrected chi connectivity index (χ0v) is 13.1. The first-order chi connectivity index (χ1) is 9.03. The van der Waals surface area contributed by atoms with Crippen LogP contribution in [0.1, 0.15) is 46.5 Å². The molecule has 2 rings (SSSR count). The van der Waals surface area contributed by atoms with Gasteiger partial charge in [0.15, 0.2) is 0 Å². The summed E-state index contributed by atoms with van der Waals surface area (Å²) in [4.78, 5) is 5.14. The molecule has 1 heterocycles. The molecule has 1 aliphatic carbocycles. The molecule has 19 heavy (non-hydrogen) atoms. The van der Waals surface area contributed by atoms with Crippen LogP contribution in [0.25, 0.3) is 0 Å². The third-order valence-corrected chi connectivity index (χ3v) is 5.14. The zero-order chi connectivity index (χ0) is 13.9. The number of piperazine rings is 1. The molecule has 112 valence electrons. The molecular weight excluding hydrogens is 236 g/mol. The molecule has 0 radical (unpaired) electrons. The van der Waals surface area contributed by atoms with Crippen molar-refractivity contribution in [3.8, 4) is 0 Å². The van der Waals surface area contributed by atoms with Gasteiger partial charge in [-0.15, -0.1) is 0 Å². The summed E-state index contributed by atoms with van der Waals surface area (Å²) in [6, 6.07) is 0. The lowest BCUT2D eigenvalue weighted by Gasteiger charge is -2.44. The topological polar surface area (TPSA) is 26.7 Å². The molecule has 2 aliphatic rings. The van der Waals surface area contributed by atoms with Gasteiger partial charge < -0.3 is 14.9 Å². The second-order valence-corrected chi connectivity index (χ2v) is 7.23. The van der Waals surface area contributed by atoms with Gasteiger partial charge in [-0.2, -0.15) is 0 Å². The second kappa shape index (κ2) is 6.55. The van der Waals surface area contributed by atoms with Gasteiger partial charge in [-0.05, 0) is 37.1 Å². The van der Waals surface area contributed by atoms with Crippen LogP contribution in [-0.2, 0) is 0 Å². The lowest BCUT2D eigenvalue weighted by Crippen LogP contribution is -2.51. The fourth-order valence-electron chi connectivity index (χ4n) is 3.80. The van der Waals surface area contributed by atoms with Crippen LogP contribution in [-0.4, -0.2) is 60.3 Å². The summed E-state index contributed by atoms with van der Waals surface area (Å²) >= 11 is 0. The summed E-state index contributed by atoms with van der Waals surface area (Å²) in [6.07, 6.45) is 4.81. The third-order valence-electron chi connectivity index (χ3n) is 5.14. The van der Waals surface area contributed by atoms with Gasteiger partial charge in [-0.1, -0.05) is 27.2 Å². The van der Waals surface area contributed by atoms with E-state index in [9.17, 15) is 5.11 Å². The summed E-state index contributed by atoms with van der Waals surface area (Å²) in [7, 11) is 0. The van der Waals surface area contributed by atoms with E-state index in [-0.39, 0.29) is 11.5 Å². The molecule has 0 aromatic rings. The van der Waals surface area contributed by atoms with Crippen molar-refractivity contribution in [2.45, 2.75) is 52.6 Å². The lowest BCUT2D eigenvalue weighted by atomic mass is 9.69. The second-order valence-electron chi connectivity index (χ2n) is 7.23. The predicted octanol–water partition coefficient (Wildman–Crippen LogP) is 2.20. The van der Waals surface area contributed by atoms with Gasteiger partial charge in [-0.25, -0.2) is 0 Å². The first kappa shape index (κ1) is 15.3. The molecule has 1 N–H and O–H groups in total. The summed E-state index contributed by atoms with van der Waals surface area (Å²) in [5, 5.41) is 10.5. The molecule has 1 aliphatic heterocycles. The number of nitrogens with zero attached hydrogens (tertiary/aromatic N) is 2. The van der Waals surface area contributed by atoms with E-state index in [2.05, 4.69) is 30.6 Å². The molecule has 2 unspecified atom stereocenters. The maximum Gasteiger partial charge on any atom is 0.0631 e. The lowest BCUT2D eigenvalue weighted by molar-refractivity contribution is -0.0465. The summed E-state index contributed by atoms with van der Waals surface area (Å²) < 4.78 is 0. The van der Waals surface area contributed by atoms with Crippen LogP contribution >= 0.6 is 0 Å². The molecule has 1 saturated heterocycles. The van der Waals surface area contributed by atoms with E-state index in [0.29, 0.717) is 5.92 Å². The van der Waals surface area contributed by atoms with Crippen LogP contribution in [0.2, 0.25) is 0 Å². The zero-order valence-electron chi connectivity index (χ0n) is 13.1. The Morgan fingerprint density at radius 2 is 1.74 bits per heavy atom. The van der Waals surface area contributed by atoms with Gasteiger partial charge in [-0.3, -0.25) is 0 Å². The van der Waals surface area contributed by atoms with Crippen molar-refractivity contribution in [1.82, 2.24) is 9.80 Å². The van der Waals surface area contributed by atoms with E-state index in [1.165, 1.54) is 58.4 Å². The highest BCUT2D eigenvalue weighted by atomic mass is 16.3. The van der Waals surface area contributed by atoms with Crippen LogP contribution in [0.15, 0.2) is 0 Å². The van der Waals surface area contributed by atoms with Crippen molar-refractivity contribution in [3.63, 3.8) is 0 Å². The first-order valence-corrected chi connectivity index (χ1v) is 8.15. The van der Waals surface area contributed by atoms with Gasteiger partial charge >= 0.3 is 0 Å². The van der Waals surface area contributed by atoms with E-state index >= 15 is 0 Å².